The number of rotatable bonds is 6. The van der Waals surface area contributed by atoms with Gasteiger partial charge in [0.2, 0.25) is 0 Å². The second-order valence-corrected chi connectivity index (χ2v) is 4.69. The summed E-state index contributed by atoms with van der Waals surface area (Å²) in [6.07, 6.45) is 0.210. The molecule has 17 heavy (non-hydrogen) atoms. The van der Waals surface area contributed by atoms with Gasteiger partial charge < -0.3 is 20.5 Å². The van der Waals surface area contributed by atoms with Crippen LogP contribution in [0.4, 0.5) is 10.7 Å². The van der Waals surface area contributed by atoms with E-state index in [2.05, 4.69) is 5.32 Å². The molecule has 0 saturated heterocycles. The van der Waals surface area contributed by atoms with Crippen LogP contribution >= 0.6 is 11.3 Å². The van der Waals surface area contributed by atoms with E-state index >= 15 is 0 Å². The molecule has 0 spiro atoms. The van der Waals surface area contributed by atoms with Crippen molar-refractivity contribution >= 4 is 22.0 Å². The highest BCUT2D eigenvalue weighted by molar-refractivity contribution is 7.17. The number of thiophene rings is 1. The van der Waals surface area contributed by atoms with E-state index in [0.29, 0.717) is 29.5 Å². The minimum absolute atomic E-state index is 0.210. The summed E-state index contributed by atoms with van der Waals surface area (Å²) in [7, 11) is 1.54. The maximum absolute atomic E-state index is 8.87. The molecular weight excluding hydrogens is 238 g/mol. The van der Waals surface area contributed by atoms with E-state index in [1.807, 2.05) is 19.9 Å². The molecule has 1 aromatic heterocycles. The Hall–Kier alpha value is -1.45. The summed E-state index contributed by atoms with van der Waals surface area (Å²) in [5, 5.41) is 12.8. The van der Waals surface area contributed by atoms with Crippen molar-refractivity contribution < 1.29 is 9.47 Å². The van der Waals surface area contributed by atoms with Crippen LogP contribution in [-0.2, 0) is 4.74 Å². The minimum atomic E-state index is 0.210. The molecule has 0 aliphatic rings. The summed E-state index contributed by atoms with van der Waals surface area (Å²) in [5.74, 6) is 0.538. The molecule has 0 fully saturated rings. The summed E-state index contributed by atoms with van der Waals surface area (Å²) < 4.78 is 10.6. The smallest absolute Gasteiger partial charge is 0.177 e. The highest BCUT2D eigenvalue weighted by atomic mass is 32.1. The van der Waals surface area contributed by atoms with Crippen LogP contribution < -0.4 is 15.8 Å². The Balaban J connectivity index is 2.62. The predicted octanol–water partition coefficient (Wildman–Crippen LogP) is 2.05. The van der Waals surface area contributed by atoms with Gasteiger partial charge >= 0.3 is 0 Å². The number of ether oxygens (including phenoxy) is 2. The molecule has 1 aromatic rings. The number of anilines is 2. The third kappa shape index (κ3) is 3.51. The molecule has 5 nitrogen and oxygen atoms in total. The fraction of sp³-hybridized carbons (Fsp3) is 0.545. The van der Waals surface area contributed by atoms with Crippen LogP contribution in [0.15, 0.2) is 0 Å². The lowest BCUT2D eigenvalue weighted by molar-refractivity contribution is 0.0871. The zero-order chi connectivity index (χ0) is 12.8. The van der Waals surface area contributed by atoms with Crippen molar-refractivity contribution in [1.82, 2.24) is 0 Å². The van der Waals surface area contributed by atoms with Crippen molar-refractivity contribution in [3.8, 4) is 11.8 Å². The first kappa shape index (κ1) is 13.6. The number of nitrogens with zero attached hydrogens (tertiary/aromatic N) is 1. The third-order valence-corrected chi connectivity index (χ3v) is 3.09. The normalized spacial score (nSPS) is 10.3. The zero-order valence-electron chi connectivity index (χ0n) is 10.2. The van der Waals surface area contributed by atoms with Crippen molar-refractivity contribution in [1.29, 1.82) is 5.26 Å². The molecule has 1 rings (SSSR count). The molecule has 0 bridgehead atoms. The Morgan fingerprint density at radius 3 is 2.76 bits per heavy atom. The Bertz CT molecular complexity index is 410. The second-order valence-electron chi connectivity index (χ2n) is 3.67. The first-order chi connectivity index (χ1) is 8.10. The van der Waals surface area contributed by atoms with Crippen molar-refractivity contribution in [3.05, 3.63) is 4.88 Å². The molecule has 94 valence electrons. The summed E-state index contributed by atoms with van der Waals surface area (Å²) in [4.78, 5) is 0.467. The maximum Gasteiger partial charge on any atom is 0.177 e. The fourth-order valence-corrected chi connectivity index (χ4v) is 2.20. The third-order valence-electron chi connectivity index (χ3n) is 2.04. The first-order valence-electron chi connectivity index (χ1n) is 5.32. The van der Waals surface area contributed by atoms with E-state index in [9.17, 15) is 0 Å². The number of methoxy groups -OCH3 is 1. The highest BCUT2D eigenvalue weighted by Gasteiger charge is 2.15. The maximum atomic E-state index is 8.87. The Kier molecular flexibility index (Phi) is 5.07. The van der Waals surface area contributed by atoms with Crippen molar-refractivity contribution in [2.24, 2.45) is 0 Å². The van der Waals surface area contributed by atoms with E-state index in [0.717, 1.165) is 5.00 Å². The Labute approximate surface area is 105 Å². The molecule has 0 saturated carbocycles. The summed E-state index contributed by atoms with van der Waals surface area (Å²) in [6.45, 7) is 5.22. The molecule has 0 aliphatic carbocycles. The number of nitrogens with two attached hydrogens (primary N) is 1. The average Bonchev–Trinajstić information content (AvgIpc) is 2.60. The monoisotopic (exact) mass is 255 g/mol. The van der Waals surface area contributed by atoms with Gasteiger partial charge in [-0.2, -0.15) is 5.26 Å². The van der Waals surface area contributed by atoms with E-state index in [1.54, 1.807) is 0 Å². The SMILES string of the molecule is COc1c(NCCOC(C)C)sc(C#N)c1N. The van der Waals surface area contributed by atoms with Gasteiger partial charge in [-0.05, 0) is 13.8 Å². The van der Waals surface area contributed by atoms with Crippen LogP contribution in [-0.4, -0.2) is 26.4 Å². The van der Waals surface area contributed by atoms with Gasteiger partial charge in [-0.3, -0.25) is 0 Å². The summed E-state index contributed by atoms with van der Waals surface area (Å²) in [5.41, 5.74) is 6.16. The van der Waals surface area contributed by atoms with Gasteiger partial charge in [0, 0.05) is 6.54 Å². The van der Waals surface area contributed by atoms with Gasteiger partial charge in [-0.1, -0.05) is 0 Å². The zero-order valence-corrected chi connectivity index (χ0v) is 11.1. The first-order valence-corrected chi connectivity index (χ1v) is 6.13. The van der Waals surface area contributed by atoms with Crippen LogP contribution in [0.2, 0.25) is 0 Å². The Morgan fingerprint density at radius 2 is 2.24 bits per heavy atom. The highest BCUT2D eigenvalue weighted by Crippen LogP contribution is 2.41. The quantitative estimate of drug-likeness (QED) is 0.760. The molecular formula is C11H17N3O2S. The molecule has 0 unspecified atom stereocenters. The summed E-state index contributed by atoms with van der Waals surface area (Å²) >= 11 is 1.29. The minimum Gasteiger partial charge on any atom is -0.492 e. The van der Waals surface area contributed by atoms with Gasteiger partial charge in [0.25, 0.3) is 0 Å². The molecule has 0 atom stereocenters. The average molecular weight is 255 g/mol. The molecule has 0 aromatic carbocycles. The van der Waals surface area contributed by atoms with Gasteiger partial charge in [-0.25, -0.2) is 0 Å². The molecule has 3 N–H and O–H groups in total. The van der Waals surface area contributed by atoms with Crippen LogP contribution in [0.1, 0.15) is 18.7 Å². The lowest BCUT2D eigenvalue weighted by atomic mass is 10.4. The lowest BCUT2D eigenvalue weighted by Crippen LogP contribution is -2.12. The fourth-order valence-electron chi connectivity index (χ4n) is 1.29. The standard InChI is InChI=1S/C11H17N3O2S/c1-7(2)16-5-4-14-11-10(15-3)9(13)8(6-12)17-11/h7,14H,4-5,13H2,1-3H3. The van der Waals surface area contributed by atoms with Crippen LogP contribution in [0.3, 0.4) is 0 Å². The molecule has 6 heteroatoms. The van der Waals surface area contributed by atoms with E-state index < -0.39 is 0 Å². The van der Waals surface area contributed by atoms with Gasteiger partial charge in [-0.15, -0.1) is 11.3 Å². The van der Waals surface area contributed by atoms with Crippen LogP contribution in [0.25, 0.3) is 0 Å². The molecule has 0 radical (unpaired) electrons. The van der Waals surface area contributed by atoms with Crippen molar-refractivity contribution in [2.75, 3.05) is 31.3 Å². The second kappa shape index (κ2) is 6.33. The van der Waals surface area contributed by atoms with E-state index in [1.165, 1.54) is 18.4 Å². The Morgan fingerprint density at radius 1 is 1.53 bits per heavy atom. The van der Waals surface area contributed by atoms with Crippen LogP contribution in [0, 0.1) is 11.3 Å². The predicted molar refractivity (Wildman–Crippen MR) is 69.6 cm³/mol. The molecule has 0 amide bonds. The van der Waals surface area contributed by atoms with E-state index in [4.69, 9.17) is 20.5 Å². The lowest BCUT2D eigenvalue weighted by Gasteiger charge is -2.09. The van der Waals surface area contributed by atoms with Crippen molar-refractivity contribution in [3.63, 3.8) is 0 Å². The number of hydrogen-bond donors (Lipinski definition) is 2. The van der Waals surface area contributed by atoms with Crippen LogP contribution in [0.5, 0.6) is 5.75 Å². The summed E-state index contributed by atoms with van der Waals surface area (Å²) in [6, 6.07) is 2.04. The topological polar surface area (TPSA) is 80.3 Å². The number of nitrogens with one attached hydrogen (secondary N) is 1. The van der Waals surface area contributed by atoms with Crippen molar-refractivity contribution in [2.45, 2.75) is 20.0 Å². The van der Waals surface area contributed by atoms with Gasteiger partial charge in [0.05, 0.1) is 19.8 Å². The van der Waals surface area contributed by atoms with E-state index in [-0.39, 0.29) is 6.10 Å². The molecule has 1 heterocycles. The van der Waals surface area contributed by atoms with Gasteiger partial charge in [0.1, 0.15) is 21.6 Å². The molecule has 0 aliphatic heterocycles. The number of nitrogen functional groups attached to an aromatic ring is 1. The number of nitriles is 1. The van der Waals surface area contributed by atoms with Gasteiger partial charge in [0.15, 0.2) is 5.75 Å². The number of hydrogen-bond acceptors (Lipinski definition) is 6. The largest absolute Gasteiger partial charge is 0.492 e.